The molecule has 0 radical (unpaired) electrons. The molecule has 1 N–H and O–H groups in total. The first-order valence-electron chi connectivity index (χ1n) is 7.76. The molecular weight excluding hydrogens is 301 g/mol. The number of benzene rings is 1. The van der Waals surface area contributed by atoms with Crippen LogP contribution in [0.5, 0.6) is 5.75 Å². The molecule has 0 bridgehead atoms. The number of likely N-dealkylation sites (tertiary alicyclic amines) is 1. The fraction of sp³-hybridized carbons (Fsp3) is 0.588. The van der Waals surface area contributed by atoms with Gasteiger partial charge < -0.3 is 19.5 Å². The van der Waals surface area contributed by atoms with Gasteiger partial charge in [0.05, 0.1) is 6.61 Å². The lowest BCUT2D eigenvalue weighted by Gasteiger charge is -2.40. The van der Waals surface area contributed by atoms with Crippen molar-refractivity contribution in [2.75, 3.05) is 19.7 Å². The van der Waals surface area contributed by atoms with E-state index in [-0.39, 0.29) is 18.5 Å². The number of rotatable bonds is 3. The van der Waals surface area contributed by atoms with Gasteiger partial charge in [-0.1, -0.05) is 0 Å². The molecule has 1 amide bonds. The maximum atomic E-state index is 13.0. The van der Waals surface area contributed by atoms with Crippen LogP contribution in [0.1, 0.15) is 33.6 Å². The second kappa shape index (κ2) is 6.74. The Bertz CT molecular complexity index is 531. The monoisotopic (exact) mass is 325 g/mol. The van der Waals surface area contributed by atoms with Crippen molar-refractivity contribution in [3.05, 3.63) is 30.1 Å². The molecule has 1 aliphatic rings. The molecule has 0 atom stereocenters. The molecule has 2 rings (SSSR count). The van der Waals surface area contributed by atoms with Crippen LogP contribution in [0.25, 0.3) is 0 Å². The molecule has 0 spiro atoms. The van der Waals surface area contributed by atoms with Crippen LogP contribution in [-0.2, 0) is 4.74 Å². The van der Waals surface area contributed by atoms with E-state index in [2.05, 4.69) is 0 Å². The second-order valence-electron chi connectivity index (χ2n) is 6.86. The topological polar surface area (TPSA) is 59.0 Å². The number of nitrogens with zero attached hydrogens (tertiary/aromatic N) is 1. The molecule has 0 unspecified atom stereocenters. The predicted octanol–water partition coefficient (Wildman–Crippen LogP) is 2.97. The van der Waals surface area contributed by atoms with Crippen molar-refractivity contribution in [2.24, 2.45) is 0 Å². The van der Waals surface area contributed by atoms with E-state index in [1.807, 2.05) is 20.8 Å². The van der Waals surface area contributed by atoms with Crippen molar-refractivity contribution in [2.45, 2.75) is 44.8 Å². The van der Waals surface area contributed by atoms with Crippen molar-refractivity contribution >= 4 is 6.09 Å². The van der Waals surface area contributed by atoms with Crippen molar-refractivity contribution in [1.29, 1.82) is 0 Å². The highest BCUT2D eigenvalue weighted by Crippen LogP contribution is 2.29. The third-order valence-electron chi connectivity index (χ3n) is 3.76. The van der Waals surface area contributed by atoms with Gasteiger partial charge in [-0.25, -0.2) is 9.18 Å². The van der Waals surface area contributed by atoms with Gasteiger partial charge in [0.2, 0.25) is 0 Å². The quantitative estimate of drug-likeness (QED) is 0.928. The van der Waals surface area contributed by atoms with Gasteiger partial charge in [0.1, 0.15) is 22.8 Å². The normalized spacial score (nSPS) is 17.7. The Morgan fingerprint density at radius 2 is 1.83 bits per heavy atom. The number of hydrogen-bond acceptors (Lipinski definition) is 4. The van der Waals surface area contributed by atoms with E-state index < -0.39 is 11.2 Å². The van der Waals surface area contributed by atoms with Crippen molar-refractivity contribution in [3.63, 3.8) is 0 Å². The molecule has 128 valence electrons. The summed E-state index contributed by atoms with van der Waals surface area (Å²) in [5.41, 5.74) is -1.29. The van der Waals surface area contributed by atoms with E-state index >= 15 is 0 Å². The minimum Gasteiger partial charge on any atom is -0.485 e. The van der Waals surface area contributed by atoms with Gasteiger partial charge in [-0.2, -0.15) is 0 Å². The first kappa shape index (κ1) is 17.5. The molecule has 1 heterocycles. The summed E-state index contributed by atoms with van der Waals surface area (Å²) in [6, 6.07) is 5.70. The Morgan fingerprint density at radius 3 is 2.30 bits per heavy atom. The zero-order valence-corrected chi connectivity index (χ0v) is 13.8. The number of piperidine rings is 1. The smallest absolute Gasteiger partial charge is 0.410 e. The maximum Gasteiger partial charge on any atom is 0.410 e. The minimum atomic E-state index is -0.754. The summed E-state index contributed by atoms with van der Waals surface area (Å²) in [5.74, 6) is 0.168. The Kier molecular flexibility index (Phi) is 5.14. The Labute approximate surface area is 136 Å². The third-order valence-corrected chi connectivity index (χ3v) is 3.76. The van der Waals surface area contributed by atoms with E-state index in [0.29, 0.717) is 31.7 Å². The summed E-state index contributed by atoms with van der Waals surface area (Å²) < 4.78 is 24.2. The van der Waals surface area contributed by atoms with Crippen LogP contribution in [0.4, 0.5) is 9.18 Å². The van der Waals surface area contributed by atoms with Crippen LogP contribution in [0.3, 0.4) is 0 Å². The van der Waals surface area contributed by atoms with Gasteiger partial charge in [0.15, 0.2) is 0 Å². The lowest BCUT2D eigenvalue weighted by Crippen LogP contribution is -2.52. The summed E-state index contributed by atoms with van der Waals surface area (Å²) in [7, 11) is 0. The summed E-state index contributed by atoms with van der Waals surface area (Å²) >= 11 is 0. The van der Waals surface area contributed by atoms with E-state index in [4.69, 9.17) is 9.47 Å². The molecule has 1 aromatic carbocycles. The highest BCUT2D eigenvalue weighted by atomic mass is 19.1. The number of hydrogen-bond donors (Lipinski definition) is 1. The molecule has 1 aliphatic heterocycles. The van der Waals surface area contributed by atoms with Crippen LogP contribution in [0.2, 0.25) is 0 Å². The van der Waals surface area contributed by atoms with Crippen LogP contribution >= 0.6 is 0 Å². The minimum absolute atomic E-state index is 0.160. The molecular formula is C17H24FNO4. The first-order valence-corrected chi connectivity index (χ1v) is 7.76. The van der Waals surface area contributed by atoms with E-state index in [0.717, 1.165) is 0 Å². The highest BCUT2D eigenvalue weighted by Gasteiger charge is 2.38. The zero-order chi connectivity index (χ0) is 17.1. The molecule has 0 aromatic heterocycles. The van der Waals surface area contributed by atoms with Gasteiger partial charge in [-0.3, -0.25) is 0 Å². The second-order valence-corrected chi connectivity index (χ2v) is 6.86. The van der Waals surface area contributed by atoms with Gasteiger partial charge in [0, 0.05) is 25.9 Å². The molecule has 5 nitrogen and oxygen atoms in total. The highest BCUT2D eigenvalue weighted by molar-refractivity contribution is 5.68. The molecule has 6 heteroatoms. The summed E-state index contributed by atoms with van der Waals surface area (Å²) in [6.07, 6.45) is 0.617. The van der Waals surface area contributed by atoms with Gasteiger partial charge >= 0.3 is 6.09 Å². The average molecular weight is 325 g/mol. The van der Waals surface area contributed by atoms with Gasteiger partial charge in [-0.15, -0.1) is 0 Å². The summed E-state index contributed by atoms with van der Waals surface area (Å²) in [4.78, 5) is 13.7. The van der Waals surface area contributed by atoms with E-state index in [1.54, 1.807) is 4.90 Å². The number of halogens is 1. The molecule has 0 aliphatic carbocycles. The van der Waals surface area contributed by atoms with Crippen LogP contribution in [-0.4, -0.2) is 47.0 Å². The first-order chi connectivity index (χ1) is 10.7. The number of aliphatic hydroxyl groups is 1. The predicted molar refractivity (Wildman–Crippen MR) is 83.9 cm³/mol. The largest absolute Gasteiger partial charge is 0.485 e. The molecule has 1 saturated heterocycles. The number of carbonyl (C=O) groups excluding carboxylic acids is 1. The zero-order valence-electron chi connectivity index (χ0n) is 13.8. The molecule has 23 heavy (non-hydrogen) atoms. The van der Waals surface area contributed by atoms with Crippen molar-refractivity contribution in [3.8, 4) is 5.75 Å². The molecule has 1 aromatic rings. The number of carbonyl (C=O) groups is 1. The van der Waals surface area contributed by atoms with Crippen molar-refractivity contribution in [1.82, 2.24) is 4.90 Å². The van der Waals surface area contributed by atoms with Gasteiger partial charge in [-0.05, 0) is 45.0 Å². The summed E-state index contributed by atoms with van der Waals surface area (Å²) in [5, 5.41) is 9.73. The van der Waals surface area contributed by atoms with Crippen LogP contribution in [0.15, 0.2) is 24.3 Å². The molecule has 0 saturated carbocycles. The van der Waals surface area contributed by atoms with Crippen LogP contribution in [0, 0.1) is 5.82 Å². The van der Waals surface area contributed by atoms with Crippen LogP contribution < -0.4 is 4.74 Å². The number of ether oxygens (including phenoxy) is 2. The van der Waals surface area contributed by atoms with Crippen molar-refractivity contribution < 1.29 is 23.8 Å². The van der Waals surface area contributed by atoms with E-state index in [9.17, 15) is 14.3 Å². The Hall–Kier alpha value is -1.82. The van der Waals surface area contributed by atoms with E-state index in [1.165, 1.54) is 24.3 Å². The van der Waals surface area contributed by atoms with Gasteiger partial charge in [0.25, 0.3) is 0 Å². The number of aliphatic hydroxyl groups excluding tert-OH is 1. The lowest BCUT2D eigenvalue weighted by molar-refractivity contribution is -0.0452. The summed E-state index contributed by atoms with van der Waals surface area (Å²) in [6.45, 7) is 6.19. The average Bonchev–Trinajstić information content (AvgIpc) is 2.48. The molecule has 1 fully saturated rings. The Morgan fingerprint density at radius 1 is 1.26 bits per heavy atom. The fourth-order valence-electron chi connectivity index (χ4n) is 2.47. The standard InChI is InChI=1S/C17H24FNO4/c1-16(2,3)23-15(21)19-10-8-17(12-20,9-11-19)22-14-6-4-13(18)5-7-14/h4-7,20H,8-12H2,1-3H3. The maximum absolute atomic E-state index is 13.0. The fourth-order valence-corrected chi connectivity index (χ4v) is 2.47. The Balaban J connectivity index is 1.96. The SMILES string of the molecule is CC(C)(C)OC(=O)N1CCC(CO)(Oc2ccc(F)cc2)CC1. The number of amides is 1. The third kappa shape index (κ3) is 4.82. The lowest BCUT2D eigenvalue weighted by atomic mass is 9.92.